The van der Waals surface area contributed by atoms with Gasteiger partial charge in [0.05, 0.1) is 7.11 Å². The van der Waals surface area contributed by atoms with Gasteiger partial charge < -0.3 is 9.84 Å². The molecule has 0 heterocycles. The molecule has 5 heteroatoms. The minimum absolute atomic E-state index is 0.284. The smallest absolute Gasteiger partial charge is 0.235 e. The van der Waals surface area contributed by atoms with Crippen LogP contribution in [0.4, 0.5) is 4.39 Å². The van der Waals surface area contributed by atoms with E-state index in [0.717, 1.165) is 6.07 Å². The number of aliphatic imine (C=N–C) groups is 1. The van der Waals surface area contributed by atoms with Crippen molar-refractivity contribution in [2.45, 2.75) is 18.4 Å². The molecule has 4 nitrogen and oxygen atoms in total. The van der Waals surface area contributed by atoms with E-state index in [-0.39, 0.29) is 5.75 Å². The Morgan fingerprint density at radius 3 is 2.75 bits per heavy atom. The lowest BCUT2D eigenvalue weighted by molar-refractivity contribution is 0.389. The van der Waals surface area contributed by atoms with Crippen LogP contribution >= 0.6 is 0 Å². The summed E-state index contributed by atoms with van der Waals surface area (Å²) in [5, 5.41) is 9.31. The molecule has 0 atom stereocenters. The Morgan fingerprint density at radius 1 is 1.56 bits per heavy atom. The van der Waals surface area contributed by atoms with E-state index >= 15 is 0 Å². The molecule has 0 aromatic heterocycles. The predicted octanol–water partition coefficient (Wildman–Crippen LogP) is 1.86. The molecule has 1 saturated carbocycles. The first-order valence-electron chi connectivity index (χ1n) is 4.79. The molecule has 1 aromatic carbocycles. The van der Waals surface area contributed by atoms with Crippen molar-refractivity contribution in [3.05, 3.63) is 23.5 Å². The number of halogens is 1. The predicted molar refractivity (Wildman–Crippen MR) is 53.7 cm³/mol. The molecule has 84 valence electrons. The third kappa shape index (κ3) is 1.55. The summed E-state index contributed by atoms with van der Waals surface area (Å²) in [5.41, 5.74) is -0.157. The van der Waals surface area contributed by atoms with E-state index in [9.17, 15) is 14.3 Å². The van der Waals surface area contributed by atoms with Crippen molar-refractivity contribution < 1.29 is 19.0 Å². The molecule has 1 N–H and O–H groups in total. The zero-order valence-electron chi connectivity index (χ0n) is 8.66. The van der Waals surface area contributed by atoms with Crippen LogP contribution in [0.5, 0.6) is 11.5 Å². The van der Waals surface area contributed by atoms with Crippen LogP contribution in [-0.2, 0) is 10.3 Å². The number of hydrogen-bond acceptors (Lipinski definition) is 4. The molecular formula is C11H10FNO3. The van der Waals surface area contributed by atoms with Crippen molar-refractivity contribution in [1.29, 1.82) is 0 Å². The second-order valence-electron chi connectivity index (χ2n) is 3.74. The van der Waals surface area contributed by atoms with Crippen LogP contribution in [0.1, 0.15) is 18.4 Å². The lowest BCUT2D eigenvalue weighted by Gasteiger charge is -2.14. The van der Waals surface area contributed by atoms with E-state index in [1.807, 2.05) is 0 Å². The molecule has 1 aliphatic carbocycles. The lowest BCUT2D eigenvalue weighted by atomic mass is 10.0. The maximum atomic E-state index is 13.1. The molecule has 0 amide bonds. The molecule has 0 aliphatic heterocycles. The largest absolute Gasteiger partial charge is 0.505 e. The molecule has 16 heavy (non-hydrogen) atoms. The highest BCUT2D eigenvalue weighted by molar-refractivity contribution is 5.50. The summed E-state index contributed by atoms with van der Waals surface area (Å²) in [6.45, 7) is 0. The summed E-state index contributed by atoms with van der Waals surface area (Å²) in [5.74, 6) is -0.943. The number of isocyanates is 1. The van der Waals surface area contributed by atoms with Gasteiger partial charge in [0, 0.05) is 11.6 Å². The van der Waals surface area contributed by atoms with Crippen molar-refractivity contribution in [3.63, 3.8) is 0 Å². The zero-order chi connectivity index (χ0) is 11.8. The molecule has 0 unspecified atom stereocenters. The summed E-state index contributed by atoms with van der Waals surface area (Å²) in [6.07, 6.45) is 2.84. The zero-order valence-corrected chi connectivity index (χ0v) is 8.66. The van der Waals surface area contributed by atoms with Crippen molar-refractivity contribution in [1.82, 2.24) is 0 Å². The van der Waals surface area contributed by atoms with Gasteiger partial charge in [-0.05, 0) is 18.9 Å². The number of nitrogens with zero attached hydrogens (tertiary/aromatic N) is 1. The Bertz CT molecular complexity index is 476. The van der Waals surface area contributed by atoms with Gasteiger partial charge in [0.15, 0.2) is 11.6 Å². The number of hydrogen-bond donors (Lipinski definition) is 1. The number of carbonyl (C=O) groups excluding carboxylic acids is 1. The summed E-state index contributed by atoms with van der Waals surface area (Å²) in [6, 6.07) is 2.34. The van der Waals surface area contributed by atoms with E-state index in [2.05, 4.69) is 4.99 Å². The van der Waals surface area contributed by atoms with Crippen molar-refractivity contribution >= 4 is 6.08 Å². The fourth-order valence-corrected chi connectivity index (χ4v) is 1.72. The van der Waals surface area contributed by atoms with Gasteiger partial charge in [-0.3, -0.25) is 0 Å². The van der Waals surface area contributed by atoms with Gasteiger partial charge in [0.1, 0.15) is 11.3 Å². The van der Waals surface area contributed by atoms with E-state index in [4.69, 9.17) is 4.74 Å². The average molecular weight is 223 g/mol. The van der Waals surface area contributed by atoms with Crippen LogP contribution in [0.2, 0.25) is 0 Å². The number of methoxy groups -OCH3 is 1. The molecule has 1 fully saturated rings. The second-order valence-corrected chi connectivity index (χ2v) is 3.74. The summed E-state index contributed by atoms with van der Waals surface area (Å²) >= 11 is 0. The van der Waals surface area contributed by atoms with Crippen molar-refractivity contribution in [2.24, 2.45) is 4.99 Å². The van der Waals surface area contributed by atoms with Crippen LogP contribution in [-0.4, -0.2) is 18.3 Å². The minimum atomic E-state index is -0.758. The maximum absolute atomic E-state index is 13.1. The quantitative estimate of drug-likeness (QED) is 0.628. The summed E-state index contributed by atoms with van der Waals surface area (Å²) in [7, 11) is 1.40. The van der Waals surface area contributed by atoms with Crippen LogP contribution in [0.25, 0.3) is 0 Å². The third-order valence-electron chi connectivity index (χ3n) is 2.75. The van der Waals surface area contributed by atoms with Gasteiger partial charge in [-0.1, -0.05) is 0 Å². The average Bonchev–Trinajstić information content (AvgIpc) is 3.03. The molecule has 2 rings (SSSR count). The fraction of sp³-hybridized carbons (Fsp3) is 0.364. The molecular weight excluding hydrogens is 213 g/mol. The summed E-state index contributed by atoms with van der Waals surface area (Å²) < 4.78 is 18.1. The second kappa shape index (κ2) is 3.61. The Kier molecular flexibility index (Phi) is 2.40. The van der Waals surface area contributed by atoms with Gasteiger partial charge in [-0.2, -0.15) is 4.99 Å². The van der Waals surface area contributed by atoms with Crippen LogP contribution < -0.4 is 4.74 Å². The number of aromatic hydroxyl groups is 1. The first-order chi connectivity index (χ1) is 7.63. The highest BCUT2D eigenvalue weighted by Gasteiger charge is 2.47. The molecule has 0 saturated heterocycles. The SMILES string of the molecule is COc1cc(F)c(O)cc1C1(N=C=O)CC1. The van der Waals surface area contributed by atoms with Crippen LogP contribution in [0.15, 0.2) is 17.1 Å². The van der Waals surface area contributed by atoms with Crippen LogP contribution in [0.3, 0.4) is 0 Å². The topological polar surface area (TPSA) is 58.9 Å². The standard InChI is InChI=1S/C11H10FNO3/c1-16-10-5-8(12)9(15)4-7(10)11(2-3-11)13-6-14/h4-5,15H,2-3H2,1H3. The van der Waals surface area contributed by atoms with E-state index in [0.29, 0.717) is 18.4 Å². The van der Waals surface area contributed by atoms with Gasteiger partial charge >= 0.3 is 0 Å². The number of phenols is 1. The first-order valence-corrected chi connectivity index (χ1v) is 4.79. The Labute approximate surface area is 91.4 Å². The number of benzene rings is 1. The third-order valence-corrected chi connectivity index (χ3v) is 2.75. The minimum Gasteiger partial charge on any atom is -0.505 e. The van der Waals surface area contributed by atoms with Crippen molar-refractivity contribution in [3.8, 4) is 11.5 Å². The highest BCUT2D eigenvalue weighted by Crippen LogP contribution is 2.53. The lowest BCUT2D eigenvalue weighted by Crippen LogP contribution is -2.05. The first kappa shape index (κ1) is 10.6. The van der Waals surface area contributed by atoms with Gasteiger partial charge in [-0.25, -0.2) is 9.18 Å². The maximum Gasteiger partial charge on any atom is 0.235 e. The Morgan fingerprint density at radius 2 is 2.25 bits per heavy atom. The summed E-state index contributed by atoms with van der Waals surface area (Å²) in [4.78, 5) is 14.0. The Hall–Kier alpha value is -1.87. The van der Waals surface area contributed by atoms with Gasteiger partial charge in [0.2, 0.25) is 6.08 Å². The molecule has 0 spiro atoms. The van der Waals surface area contributed by atoms with Crippen molar-refractivity contribution in [2.75, 3.05) is 7.11 Å². The van der Waals surface area contributed by atoms with E-state index < -0.39 is 17.1 Å². The molecule has 1 aromatic rings. The Balaban J connectivity index is 2.55. The fourth-order valence-electron chi connectivity index (χ4n) is 1.72. The number of ether oxygens (including phenoxy) is 1. The molecule has 1 aliphatic rings. The van der Waals surface area contributed by atoms with Gasteiger partial charge in [0.25, 0.3) is 0 Å². The van der Waals surface area contributed by atoms with Crippen LogP contribution in [0, 0.1) is 5.82 Å². The molecule has 0 radical (unpaired) electrons. The molecule has 0 bridgehead atoms. The normalized spacial score (nSPS) is 16.4. The van der Waals surface area contributed by atoms with E-state index in [1.54, 1.807) is 0 Å². The van der Waals surface area contributed by atoms with Gasteiger partial charge in [-0.15, -0.1) is 0 Å². The van der Waals surface area contributed by atoms with E-state index in [1.165, 1.54) is 19.3 Å². The monoisotopic (exact) mass is 223 g/mol. The number of phenolic OH excluding ortho intramolecular Hbond substituents is 1. The highest BCUT2D eigenvalue weighted by atomic mass is 19.1. The number of rotatable bonds is 3.